The number of hydrogen-bond donors (Lipinski definition) is 0. The highest BCUT2D eigenvalue weighted by Gasteiger charge is 2.49. The van der Waals surface area contributed by atoms with Gasteiger partial charge in [-0.15, -0.1) is 0 Å². The lowest BCUT2D eigenvalue weighted by Crippen LogP contribution is -2.26. The average molecular weight is 264 g/mol. The molecule has 9 heteroatoms. The number of alkyl halides is 3. The number of hydrogen-bond acceptors (Lipinski definition) is 5. The summed E-state index contributed by atoms with van der Waals surface area (Å²) in [6.07, 6.45) is 1.68. The van der Waals surface area contributed by atoms with Crippen molar-refractivity contribution in [3.63, 3.8) is 0 Å². The van der Waals surface area contributed by atoms with Crippen LogP contribution < -0.4 is 0 Å². The van der Waals surface area contributed by atoms with Crippen LogP contribution >= 0.6 is 0 Å². The topological polar surface area (TPSA) is 69.7 Å². The lowest BCUT2D eigenvalue weighted by molar-refractivity contribution is -0.218. The molecule has 0 aliphatic rings. The molecule has 0 radical (unpaired) electrons. The summed E-state index contributed by atoms with van der Waals surface area (Å²) in [4.78, 5) is 14.2. The van der Waals surface area contributed by atoms with Crippen LogP contribution in [0.15, 0.2) is 0 Å². The van der Waals surface area contributed by atoms with Crippen molar-refractivity contribution in [3.8, 4) is 0 Å². The Kier molecular flexibility index (Phi) is 5.73. The van der Waals surface area contributed by atoms with Gasteiger partial charge in [-0.05, 0) is 10.8 Å². The van der Waals surface area contributed by atoms with Crippen LogP contribution in [0.25, 0.3) is 0 Å². The molecule has 0 aliphatic carbocycles. The lowest BCUT2D eigenvalue weighted by atomic mass is 10.2. The molecule has 0 aromatic rings. The fraction of sp³-hybridized carbons (Fsp3) is 0.857. The van der Waals surface area contributed by atoms with Crippen molar-refractivity contribution >= 4 is 16.1 Å². The highest BCUT2D eigenvalue weighted by molar-refractivity contribution is 7.87. The van der Waals surface area contributed by atoms with E-state index in [1.54, 1.807) is 0 Å². The van der Waals surface area contributed by atoms with E-state index in [9.17, 15) is 26.4 Å². The van der Waals surface area contributed by atoms with Crippen LogP contribution in [0.1, 0.15) is 32.6 Å². The van der Waals surface area contributed by atoms with Crippen LogP contribution in [0.2, 0.25) is 0 Å². The third-order valence-corrected chi connectivity index (χ3v) is 2.30. The Hall–Kier alpha value is -0.830. The molecule has 0 fully saturated rings. The van der Waals surface area contributed by atoms with Crippen molar-refractivity contribution < 1.29 is 35.6 Å². The van der Waals surface area contributed by atoms with E-state index in [0.717, 1.165) is 6.42 Å². The van der Waals surface area contributed by atoms with Gasteiger partial charge >= 0.3 is 21.6 Å². The Bertz CT molecular complexity index is 321. The van der Waals surface area contributed by atoms with Gasteiger partial charge in [0.2, 0.25) is 0 Å². The Morgan fingerprint density at radius 1 is 1.25 bits per heavy atom. The largest absolute Gasteiger partial charge is 0.526 e. The molecule has 0 saturated heterocycles. The first-order valence-electron chi connectivity index (χ1n) is 4.41. The molecular weight excluding hydrogens is 253 g/mol. The minimum Gasteiger partial charge on any atom is -0.281 e. The molecule has 0 atom stereocenters. The zero-order valence-electron chi connectivity index (χ0n) is 8.41. The van der Waals surface area contributed by atoms with Crippen molar-refractivity contribution in [1.29, 1.82) is 0 Å². The molecule has 0 rings (SSSR count). The molecule has 5 nitrogen and oxygen atoms in total. The van der Waals surface area contributed by atoms with Crippen molar-refractivity contribution in [2.75, 3.05) is 0 Å². The van der Waals surface area contributed by atoms with Gasteiger partial charge in [-0.3, -0.25) is 4.89 Å². The van der Waals surface area contributed by atoms with Crippen molar-refractivity contribution in [2.24, 2.45) is 0 Å². The van der Waals surface area contributed by atoms with E-state index in [4.69, 9.17) is 0 Å². The lowest BCUT2D eigenvalue weighted by Gasteiger charge is -2.06. The van der Waals surface area contributed by atoms with Crippen LogP contribution in [0.3, 0.4) is 0 Å². The number of rotatable bonds is 6. The number of halogens is 3. The third-order valence-electron chi connectivity index (χ3n) is 1.48. The first-order chi connectivity index (χ1) is 7.20. The van der Waals surface area contributed by atoms with E-state index in [1.165, 1.54) is 0 Å². The summed E-state index contributed by atoms with van der Waals surface area (Å²) in [6, 6.07) is 0. The maximum atomic E-state index is 11.7. The molecule has 0 aromatic carbocycles. The Balaban J connectivity index is 4.02. The normalized spacial score (nSPS) is 12.5. The van der Waals surface area contributed by atoms with Crippen molar-refractivity contribution in [2.45, 2.75) is 38.1 Å². The van der Waals surface area contributed by atoms with Gasteiger partial charge in [0.25, 0.3) is 0 Å². The van der Waals surface area contributed by atoms with E-state index in [0.29, 0.717) is 12.8 Å². The summed E-state index contributed by atoms with van der Waals surface area (Å²) >= 11 is 0. The van der Waals surface area contributed by atoms with Gasteiger partial charge in [0.05, 0.1) is 0 Å². The molecule has 0 N–H and O–H groups in total. The molecule has 16 heavy (non-hydrogen) atoms. The van der Waals surface area contributed by atoms with E-state index >= 15 is 0 Å². The highest BCUT2D eigenvalue weighted by Crippen LogP contribution is 2.24. The predicted octanol–water partition coefficient (Wildman–Crippen LogP) is 1.89. The molecule has 0 saturated carbocycles. The first-order valence-corrected chi connectivity index (χ1v) is 5.81. The third kappa shape index (κ3) is 5.31. The molecular formula is C7H11F3O5S. The van der Waals surface area contributed by atoms with Gasteiger partial charge in [-0.1, -0.05) is 19.8 Å². The fourth-order valence-electron chi connectivity index (χ4n) is 0.682. The van der Waals surface area contributed by atoms with Crippen LogP contribution in [0.5, 0.6) is 0 Å². The summed E-state index contributed by atoms with van der Waals surface area (Å²) in [5.41, 5.74) is -5.60. The summed E-state index contributed by atoms with van der Waals surface area (Å²) < 4.78 is 58.7. The van der Waals surface area contributed by atoms with E-state index in [2.05, 4.69) is 9.22 Å². The Morgan fingerprint density at radius 2 is 1.81 bits per heavy atom. The molecule has 0 heterocycles. The zero-order chi connectivity index (χ0) is 12.8. The van der Waals surface area contributed by atoms with E-state index in [1.807, 2.05) is 6.92 Å². The van der Waals surface area contributed by atoms with E-state index in [-0.39, 0.29) is 6.42 Å². The molecule has 0 amide bonds. The smallest absolute Gasteiger partial charge is 0.281 e. The number of unbranched alkanes of at least 4 members (excludes halogenated alkanes) is 2. The van der Waals surface area contributed by atoms with Gasteiger partial charge in [0, 0.05) is 6.42 Å². The van der Waals surface area contributed by atoms with Gasteiger partial charge in [0.15, 0.2) is 0 Å². The average Bonchev–Trinajstić information content (AvgIpc) is 2.13. The molecule has 0 unspecified atom stereocenters. The Labute approximate surface area is 90.6 Å². The molecule has 0 bridgehead atoms. The predicted molar refractivity (Wildman–Crippen MR) is 46.3 cm³/mol. The van der Waals surface area contributed by atoms with E-state index < -0.39 is 21.6 Å². The number of carbonyl (C=O) groups excluding carboxylic acids is 1. The molecule has 0 aliphatic heterocycles. The summed E-state index contributed by atoms with van der Waals surface area (Å²) in [7, 11) is -5.87. The van der Waals surface area contributed by atoms with Crippen molar-refractivity contribution in [3.05, 3.63) is 0 Å². The van der Waals surface area contributed by atoms with Gasteiger partial charge in [-0.25, -0.2) is 4.79 Å². The fourth-order valence-corrected chi connectivity index (χ4v) is 0.925. The van der Waals surface area contributed by atoms with Crippen LogP contribution in [0, 0.1) is 0 Å². The minimum absolute atomic E-state index is 0.193. The summed E-state index contributed by atoms with van der Waals surface area (Å²) in [5, 5.41) is 0. The SMILES string of the molecule is CCCCCC(=O)OOS(=O)(=O)C(F)(F)F. The minimum atomic E-state index is -5.87. The quantitative estimate of drug-likeness (QED) is 0.317. The highest BCUT2D eigenvalue weighted by atomic mass is 32.2. The second-order valence-electron chi connectivity index (χ2n) is 2.88. The Morgan fingerprint density at radius 3 is 2.25 bits per heavy atom. The maximum Gasteiger partial charge on any atom is 0.526 e. The van der Waals surface area contributed by atoms with Crippen LogP contribution in [0.4, 0.5) is 13.2 Å². The van der Waals surface area contributed by atoms with Gasteiger partial charge in [0.1, 0.15) is 0 Å². The summed E-state index contributed by atoms with van der Waals surface area (Å²) in [6.45, 7) is 1.86. The van der Waals surface area contributed by atoms with Crippen LogP contribution in [-0.2, 0) is 24.1 Å². The molecule has 0 aromatic heterocycles. The first kappa shape index (κ1) is 15.2. The van der Waals surface area contributed by atoms with Gasteiger partial charge in [-0.2, -0.15) is 21.6 Å². The zero-order valence-corrected chi connectivity index (χ0v) is 9.23. The van der Waals surface area contributed by atoms with Crippen molar-refractivity contribution in [1.82, 2.24) is 0 Å². The molecule has 96 valence electrons. The van der Waals surface area contributed by atoms with Gasteiger partial charge < -0.3 is 0 Å². The second-order valence-corrected chi connectivity index (χ2v) is 4.39. The number of carbonyl (C=O) groups is 1. The molecule has 0 spiro atoms. The van der Waals surface area contributed by atoms with Crippen LogP contribution in [-0.4, -0.2) is 19.9 Å². The standard InChI is InChI=1S/C7H11F3O5S/c1-2-3-4-5-6(11)14-15-16(12,13)7(8,9)10/h2-5H2,1H3. The maximum absolute atomic E-state index is 11.7. The monoisotopic (exact) mass is 264 g/mol. The second kappa shape index (κ2) is 6.04. The summed E-state index contributed by atoms with van der Waals surface area (Å²) in [5.74, 6) is -1.15.